The zero-order chi connectivity index (χ0) is 15.3. The third-order valence-corrected chi connectivity index (χ3v) is 6.28. The summed E-state index contributed by atoms with van der Waals surface area (Å²) in [6.45, 7) is 6.74. The average molecular weight is 427 g/mol. The summed E-state index contributed by atoms with van der Waals surface area (Å²) < 4.78 is 28.5. The largest absolute Gasteiger partial charge is 0.241 e. The van der Waals surface area contributed by atoms with Crippen LogP contribution in [-0.2, 0) is 10.0 Å². The predicted molar refractivity (Wildman–Crippen MR) is 90.5 cm³/mol. The minimum atomic E-state index is -3.46. The van der Waals surface area contributed by atoms with Crippen molar-refractivity contribution in [3.8, 4) is 0 Å². The lowest BCUT2D eigenvalue weighted by molar-refractivity contribution is 0.530. The van der Waals surface area contributed by atoms with E-state index >= 15 is 0 Å². The van der Waals surface area contributed by atoms with Crippen molar-refractivity contribution in [1.82, 2.24) is 4.72 Å². The molecule has 0 saturated carbocycles. The molecule has 1 rings (SSSR count). The molecule has 0 amide bonds. The van der Waals surface area contributed by atoms with E-state index in [0.29, 0.717) is 16.9 Å². The minimum absolute atomic E-state index is 0.277. The first-order valence-electron chi connectivity index (χ1n) is 6.69. The van der Waals surface area contributed by atoms with Crippen molar-refractivity contribution in [2.75, 3.05) is 6.54 Å². The molecule has 0 radical (unpaired) electrons. The van der Waals surface area contributed by atoms with E-state index in [1.165, 1.54) is 0 Å². The molecule has 0 aromatic heterocycles. The summed E-state index contributed by atoms with van der Waals surface area (Å²) >= 11 is 6.69. The van der Waals surface area contributed by atoms with Crippen LogP contribution in [0.15, 0.2) is 26.0 Å². The number of unbranched alkanes of at least 4 members (excludes halogenated alkanes) is 1. The first-order valence-corrected chi connectivity index (χ1v) is 9.76. The SMILES string of the molecule is Cc1cc(Br)c(S(=O)(=O)NCCCCC(C)C)cc1Br. The van der Waals surface area contributed by atoms with Gasteiger partial charge < -0.3 is 0 Å². The number of sulfonamides is 1. The lowest BCUT2D eigenvalue weighted by Crippen LogP contribution is -2.25. The van der Waals surface area contributed by atoms with Crippen LogP contribution < -0.4 is 4.72 Å². The van der Waals surface area contributed by atoms with Gasteiger partial charge in [0.1, 0.15) is 0 Å². The van der Waals surface area contributed by atoms with E-state index < -0.39 is 10.0 Å². The molecule has 0 heterocycles. The molecule has 6 heteroatoms. The Balaban J connectivity index is 2.68. The van der Waals surface area contributed by atoms with E-state index in [-0.39, 0.29) is 4.90 Å². The summed E-state index contributed by atoms with van der Waals surface area (Å²) in [6.07, 6.45) is 3.03. The first kappa shape index (κ1) is 18.1. The van der Waals surface area contributed by atoms with Crippen molar-refractivity contribution in [1.29, 1.82) is 0 Å². The molecule has 0 unspecified atom stereocenters. The van der Waals surface area contributed by atoms with Gasteiger partial charge in [-0.2, -0.15) is 0 Å². The molecule has 0 fully saturated rings. The van der Waals surface area contributed by atoms with Crippen LogP contribution in [0.5, 0.6) is 0 Å². The van der Waals surface area contributed by atoms with Crippen LogP contribution in [0.4, 0.5) is 0 Å². The minimum Gasteiger partial charge on any atom is -0.211 e. The van der Waals surface area contributed by atoms with Crippen molar-refractivity contribution in [2.24, 2.45) is 5.92 Å². The highest BCUT2D eigenvalue weighted by Crippen LogP contribution is 2.28. The summed E-state index contributed by atoms with van der Waals surface area (Å²) in [6, 6.07) is 3.44. The highest BCUT2D eigenvalue weighted by Gasteiger charge is 2.18. The summed E-state index contributed by atoms with van der Waals surface area (Å²) in [5, 5.41) is 0. The fraction of sp³-hybridized carbons (Fsp3) is 0.571. The van der Waals surface area contributed by atoms with Crippen LogP contribution in [-0.4, -0.2) is 15.0 Å². The normalized spacial score (nSPS) is 12.1. The molecule has 0 atom stereocenters. The van der Waals surface area contributed by atoms with E-state index in [4.69, 9.17) is 0 Å². The van der Waals surface area contributed by atoms with Gasteiger partial charge in [0.25, 0.3) is 0 Å². The van der Waals surface area contributed by atoms with Gasteiger partial charge in [-0.1, -0.05) is 42.6 Å². The summed E-state index contributed by atoms with van der Waals surface area (Å²) in [5.41, 5.74) is 0.993. The Morgan fingerprint density at radius 3 is 2.40 bits per heavy atom. The third-order valence-electron chi connectivity index (χ3n) is 3.00. The lowest BCUT2D eigenvalue weighted by atomic mass is 10.1. The molecule has 0 bridgehead atoms. The van der Waals surface area contributed by atoms with Crippen molar-refractivity contribution in [3.63, 3.8) is 0 Å². The van der Waals surface area contributed by atoms with Gasteiger partial charge in [-0.15, -0.1) is 0 Å². The van der Waals surface area contributed by atoms with Gasteiger partial charge in [-0.3, -0.25) is 0 Å². The fourth-order valence-corrected chi connectivity index (χ4v) is 4.55. The zero-order valence-corrected chi connectivity index (χ0v) is 16.0. The second-order valence-electron chi connectivity index (χ2n) is 5.32. The van der Waals surface area contributed by atoms with Crippen molar-refractivity contribution >= 4 is 41.9 Å². The predicted octanol–water partition coefficient (Wildman–Crippen LogP) is 4.62. The zero-order valence-electron chi connectivity index (χ0n) is 12.0. The number of aryl methyl sites for hydroxylation is 1. The Bertz CT molecular complexity index is 557. The van der Waals surface area contributed by atoms with Crippen molar-refractivity contribution in [3.05, 3.63) is 26.6 Å². The third kappa shape index (κ3) is 5.47. The van der Waals surface area contributed by atoms with E-state index in [9.17, 15) is 8.42 Å². The fourth-order valence-electron chi connectivity index (χ4n) is 1.80. The number of hydrogen-bond acceptors (Lipinski definition) is 2. The van der Waals surface area contributed by atoms with Crippen LogP contribution in [0.1, 0.15) is 38.7 Å². The van der Waals surface area contributed by atoms with E-state index in [2.05, 4.69) is 50.4 Å². The van der Waals surface area contributed by atoms with E-state index in [0.717, 1.165) is 29.3 Å². The quantitative estimate of drug-likeness (QED) is 0.646. The van der Waals surface area contributed by atoms with Gasteiger partial charge in [0.05, 0.1) is 4.90 Å². The highest BCUT2D eigenvalue weighted by molar-refractivity contribution is 9.11. The molecule has 20 heavy (non-hydrogen) atoms. The second kappa shape index (κ2) is 7.92. The molecule has 3 nitrogen and oxygen atoms in total. The molecule has 1 N–H and O–H groups in total. The molecule has 1 aromatic carbocycles. The van der Waals surface area contributed by atoms with Gasteiger partial charge in [0.2, 0.25) is 10.0 Å². The maximum atomic E-state index is 12.3. The van der Waals surface area contributed by atoms with Crippen molar-refractivity contribution in [2.45, 2.75) is 44.9 Å². The Morgan fingerprint density at radius 2 is 1.80 bits per heavy atom. The lowest BCUT2D eigenvalue weighted by Gasteiger charge is -2.10. The van der Waals surface area contributed by atoms with Gasteiger partial charge in [0, 0.05) is 15.5 Å². The van der Waals surface area contributed by atoms with Gasteiger partial charge in [0.15, 0.2) is 0 Å². The average Bonchev–Trinajstić information content (AvgIpc) is 2.32. The summed E-state index contributed by atoms with van der Waals surface area (Å²) in [4.78, 5) is 0.277. The van der Waals surface area contributed by atoms with Crippen LogP contribution in [0.3, 0.4) is 0 Å². The standard InChI is InChI=1S/C14H21Br2NO2S/c1-10(2)6-4-5-7-17-20(18,19)14-9-12(15)11(3)8-13(14)16/h8-10,17H,4-7H2,1-3H3. The summed E-state index contributed by atoms with van der Waals surface area (Å²) in [7, 11) is -3.46. The smallest absolute Gasteiger partial charge is 0.211 e. The Hall–Kier alpha value is 0.0900. The highest BCUT2D eigenvalue weighted by atomic mass is 79.9. The number of rotatable bonds is 7. The van der Waals surface area contributed by atoms with Crippen LogP contribution >= 0.6 is 31.9 Å². The molecule has 0 aliphatic rings. The molecule has 1 aromatic rings. The van der Waals surface area contributed by atoms with Crippen LogP contribution in [0, 0.1) is 12.8 Å². The Kier molecular flexibility index (Phi) is 7.18. The number of benzene rings is 1. The number of nitrogens with one attached hydrogen (secondary N) is 1. The van der Waals surface area contributed by atoms with E-state index in [1.807, 2.05) is 6.92 Å². The maximum absolute atomic E-state index is 12.3. The topological polar surface area (TPSA) is 46.2 Å². The maximum Gasteiger partial charge on any atom is 0.241 e. The number of hydrogen-bond donors (Lipinski definition) is 1. The van der Waals surface area contributed by atoms with Gasteiger partial charge >= 0.3 is 0 Å². The Morgan fingerprint density at radius 1 is 1.15 bits per heavy atom. The molecule has 0 saturated heterocycles. The first-order chi connectivity index (χ1) is 9.24. The molecule has 114 valence electrons. The van der Waals surface area contributed by atoms with Crippen LogP contribution in [0.2, 0.25) is 0 Å². The van der Waals surface area contributed by atoms with Gasteiger partial charge in [-0.25, -0.2) is 13.1 Å². The second-order valence-corrected chi connectivity index (χ2v) is 8.76. The molecular weight excluding hydrogens is 406 g/mol. The molecule has 0 aliphatic carbocycles. The molecule has 0 spiro atoms. The van der Waals surface area contributed by atoms with E-state index in [1.54, 1.807) is 12.1 Å². The Labute approximate surface area is 138 Å². The summed E-state index contributed by atoms with van der Waals surface area (Å²) in [5.74, 6) is 0.661. The van der Waals surface area contributed by atoms with Crippen LogP contribution in [0.25, 0.3) is 0 Å². The van der Waals surface area contributed by atoms with Gasteiger partial charge in [-0.05, 0) is 52.9 Å². The molecule has 0 aliphatic heterocycles. The van der Waals surface area contributed by atoms with Crippen molar-refractivity contribution < 1.29 is 8.42 Å². The monoisotopic (exact) mass is 425 g/mol. The number of halogens is 2. The molecular formula is C14H21Br2NO2S.